The van der Waals surface area contributed by atoms with E-state index in [1.165, 1.54) is 6.33 Å². The summed E-state index contributed by atoms with van der Waals surface area (Å²) in [5.41, 5.74) is 0.648. The highest BCUT2D eigenvalue weighted by atomic mass is 16.6. The van der Waals surface area contributed by atoms with Gasteiger partial charge in [0, 0.05) is 18.9 Å². The molecule has 3 aromatic rings. The average molecular weight is 436 g/mol. The lowest BCUT2D eigenvalue weighted by Crippen LogP contribution is -2.55. The van der Waals surface area contributed by atoms with Gasteiger partial charge in [0.25, 0.3) is 0 Å². The van der Waals surface area contributed by atoms with Crippen LogP contribution in [0.15, 0.2) is 18.7 Å². The molecule has 1 saturated carbocycles. The van der Waals surface area contributed by atoms with Crippen molar-refractivity contribution in [2.75, 3.05) is 11.9 Å². The first kappa shape index (κ1) is 20.4. The summed E-state index contributed by atoms with van der Waals surface area (Å²) < 4.78 is 7.13. The SMILES string of the molecule is CCn1c(-c2cnc(C)nc2)nc2c(N[C@]3(C(=O)OC(=O)C4CC4)CCCN3)ncnc21. The van der Waals surface area contributed by atoms with Crippen molar-refractivity contribution in [3.8, 4) is 11.4 Å². The first-order valence-corrected chi connectivity index (χ1v) is 10.8. The van der Waals surface area contributed by atoms with E-state index in [-0.39, 0.29) is 5.92 Å². The molecule has 1 aliphatic carbocycles. The van der Waals surface area contributed by atoms with Crippen LogP contribution in [0.25, 0.3) is 22.6 Å². The summed E-state index contributed by atoms with van der Waals surface area (Å²) in [6.45, 7) is 5.05. The summed E-state index contributed by atoms with van der Waals surface area (Å²) in [6.07, 6.45) is 7.62. The van der Waals surface area contributed by atoms with Gasteiger partial charge >= 0.3 is 11.9 Å². The quantitative estimate of drug-likeness (QED) is 0.433. The first-order chi connectivity index (χ1) is 15.5. The van der Waals surface area contributed by atoms with Crippen molar-refractivity contribution < 1.29 is 14.3 Å². The highest BCUT2D eigenvalue weighted by Crippen LogP contribution is 2.33. The second kappa shape index (κ2) is 7.90. The minimum Gasteiger partial charge on any atom is -0.390 e. The molecule has 1 saturated heterocycles. The van der Waals surface area contributed by atoms with Gasteiger partial charge in [-0.2, -0.15) is 0 Å². The molecular weight excluding hydrogens is 412 g/mol. The first-order valence-electron chi connectivity index (χ1n) is 10.8. The van der Waals surface area contributed by atoms with Crippen LogP contribution in [0.3, 0.4) is 0 Å². The van der Waals surface area contributed by atoms with Gasteiger partial charge in [-0.1, -0.05) is 0 Å². The number of nitrogens with one attached hydrogen (secondary N) is 2. The molecule has 11 heteroatoms. The fraction of sp³-hybridized carbons (Fsp3) is 0.476. The number of nitrogens with zero attached hydrogens (tertiary/aromatic N) is 6. The van der Waals surface area contributed by atoms with Crippen LogP contribution >= 0.6 is 0 Å². The summed E-state index contributed by atoms with van der Waals surface area (Å²) in [5.74, 6) is 0.453. The number of aryl methyl sites for hydroxylation is 2. The Labute approximate surface area is 184 Å². The van der Waals surface area contributed by atoms with E-state index in [9.17, 15) is 9.59 Å². The summed E-state index contributed by atoms with van der Waals surface area (Å²) in [5, 5.41) is 6.36. The van der Waals surface area contributed by atoms with Gasteiger partial charge in [-0.15, -0.1) is 0 Å². The van der Waals surface area contributed by atoms with Crippen molar-refractivity contribution in [3.05, 3.63) is 24.5 Å². The largest absolute Gasteiger partial charge is 0.390 e. The Hall–Kier alpha value is -3.47. The van der Waals surface area contributed by atoms with Gasteiger partial charge in [0.2, 0.25) is 0 Å². The zero-order valence-corrected chi connectivity index (χ0v) is 18.0. The molecule has 0 amide bonds. The third-order valence-corrected chi connectivity index (χ3v) is 5.83. The molecule has 166 valence electrons. The van der Waals surface area contributed by atoms with E-state index >= 15 is 0 Å². The van der Waals surface area contributed by atoms with Gasteiger partial charge in [-0.3, -0.25) is 10.1 Å². The number of rotatable bonds is 6. The third-order valence-electron chi connectivity index (χ3n) is 5.83. The molecule has 0 radical (unpaired) electrons. The van der Waals surface area contributed by atoms with E-state index in [0.717, 1.165) is 24.8 Å². The maximum Gasteiger partial charge on any atom is 0.354 e. The van der Waals surface area contributed by atoms with E-state index < -0.39 is 17.6 Å². The van der Waals surface area contributed by atoms with E-state index in [1.807, 2.05) is 18.4 Å². The smallest absolute Gasteiger partial charge is 0.354 e. The van der Waals surface area contributed by atoms with Gasteiger partial charge < -0.3 is 14.6 Å². The van der Waals surface area contributed by atoms with E-state index in [2.05, 4.69) is 30.6 Å². The predicted octanol–water partition coefficient (Wildman–Crippen LogP) is 1.58. The number of imidazole rings is 1. The molecule has 0 aromatic carbocycles. The molecule has 2 N–H and O–H groups in total. The van der Waals surface area contributed by atoms with Crippen LogP contribution in [-0.4, -0.2) is 53.6 Å². The van der Waals surface area contributed by atoms with Crippen molar-refractivity contribution in [2.24, 2.45) is 5.92 Å². The topological polar surface area (TPSA) is 137 Å². The Morgan fingerprint density at radius 2 is 2.03 bits per heavy atom. The van der Waals surface area contributed by atoms with Crippen LogP contribution in [0.1, 0.15) is 38.4 Å². The van der Waals surface area contributed by atoms with Crippen LogP contribution in [0, 0.1) is 12.8 Å². The zero-order chi connectivity index (χ0) is 22.3. The molecule has 0 bridgehead atoms. The molecule has 11 nitrogen and oxygen atoms in total. The van der Waals surface area contributed by atoms with Crippen LogP contribution in [-0.2, 0) is 20.9 Å². The minimum atomic E-state index is -1.24. The number of hydrogen-bond donors (Lipinski definition) is 2. The number of ether oxygens (including phenoxy) is 1. The zero-order valence-electron chi connectivity index (χ0n) is 18.0. The van der Waals surface area contributed by atoms with Gasteiger partial charge in [0.15, 0.2) is 22.6 Å². The van der Waals surface area contributed by atoms with Crippen LogP contribution < -0.4 is 10.6 Å². The van der Waals surface area contributed by atoms with Crippen LogP contribution in [0.4, 0.5) is 5.82 Å². The van der Waals surface area contributed by atoms with E-state index in [4.69, 9.17) is 9.72 Å². The summed E-state index contributed by atoms with van der Waals surface area (Å²) >= 11 is 0. The normalized spacial score (nSPS) is 20.4. The number of esters is 2. The highest BCUT2D eigenvalue weighted by molar-refractivity contribution is 5.96. The molecule has 5 rings (SSSR count). The van der Waals surface area contributed by atoms with Gasteiger partial charge in [0.05, 0.1) is 11.5 Å². The van der Waals surface area contributed by atoms with Crippen LogP contribution in [0.5, 0.6) is 0 Å². The number of anilines is 1. The molecule has 1 aliphatic heterocycles. The lowest BCUT2D eigenvalue weighted by atomic mass is 10.1. The molecular formula is C21H24N8O3. The maximum atomic E-state index is 13.0. The highest BCUT2D eigenvalue weighted by Gasteiger charge is 2.46. The monoisotopic (exact) mass is 436 g/mol. The van der Waals surface area contributed by atoms with Crippen molar-refractivity contribution in [1.29, 1.82) is 0 Å². The van der Waals surface area contributed by atoms with Crippen molar-refractivity contribution >= 4 is 28.9 Å². The second-order valence-electron chi connectivity index (χ2n) is 8.14. The lowest BCUT2D eigenvalue weighted by molar-refractivity contribution is -0.164. The number of aromatic nitrogens is 6. The summed E-state index contributed by atoms with van der Waals surface area (Å²) in [4.78, 5) is 47.1. The Bertz CT molecular complexity index is 1180. The van der Waals surface area contributed by atoms with Gasteiger partial charge in [-0.05, 0) is 46.1 Å². The fourth-order valence-electron chi connectivity index (χ4n) is 3.91. The Morgan fingerprint density at radius 1 is 1.25 bits per heavy atom. The van der Waals surface area contributed by atoms with Crippen LogP contribution in [0.2, 0.25) is 0 Å². The van der Waals surface area contributed by atoms with Gasteiger partial charge in [-0.25, -0.2) is 29.7 Å². The molecule has 2 aliphatic rings. The maximum absolute atomic E-state index is 13.0. The van der Waals surface area contributed by atoms with Crippen molar-refractivity contribution in [2.45, 2.75) is 51.7 Å². The Kier molecular flexibility index (Phi) is 5.04. The average Bonchev–Trinajstić information content (AvgIpc) is 3.42. The standard InChI is InChI=1S/C21H24N8O3/c1-3-29-17(14-9-22-12(2)23-10-14)27-15-16(24-11-25-18(15)29)28-21(7-4-8-26-21)20(31)32-19(30)13-5-6-13/h9-11,13,26H,3-8H2,1-2H3,(H,24,25,28)/t21-/m0/s1. The fourth-order valence-corrected chi connectivity index (χ4v) is 3.91. The number of carbonyl (C=O) groups excluding carboxylic acids is 2. The van der Waals surface area contributed by atoms with E-state index in [1.54, 1.807) is 12.4 Å². The molecule has 4 heterocycles. The van der Waals surface area contributed by atoms with Gasteiger partial charge in [0.1, 0.15) is 18.0 Å². The number of carbonyl (C=O) groups is 2. The number of fused-ring (bicyclic) bond motifs is 1. The van der Waals surface area contributed by atoms with Crippen molar-refractivity contribution in [1.82, 2.24) is 34.8 Å². The minimum absolute atomic E-state index is 0.164. The summed E-state index contributed by atoms with van der Waals surface area (Å²) in [7, 11) is 0. The lowest BCUT2D eigenvalue weighted by Gasteiger charge is -2.28. The van der Waals surface area contributed by atoms with E-state index in [0.29, 0.717) is 48.1 Å². The molecule has 3 aromatic heterocycles. The predicted molar refractivity (Wildman–Crippen MR) is 114 cm³/mol. The van der Waals surface area contributed by atoms with Crippen molar-refractivity contribution in [3.63, 3.8) is 0 Å². The molecule has 32 heavy (non-hydrogen) atoms. The Balaban J connectivity index is 1.52. The molecule has 1 atom stereocenters. The third kappa shape index (κ3) is 3.58. The summed E-state index contributed by atoms with van der Waals surface area (Å²) in [6, 6.07) is 0. The molecule has 2 fully saturated rings. The Morgan fingerprint density at radius 3 is 2.69 bits per heavy atom. The molecule has 0 spiro atoms. The molecule has 0 unspecified atom stereocenters. The number of hydrogen-bond acceptors (Lipinski definition) is 10. The second-order valence-corrected chi connectivity index (χ2v) is 8.14.